The van der Waals surface area contributed by atoms with Crippen LogP contribution in [0.3, 0.4) is 0 Å². The highest BCUT2D eigenvalue weighted by Gasteiger charge is 2.24. The molecule has 1 aliphatic rings. The number of aryl methyl sites for hydroxylation is 1. The predicted octanol–water partition coefficient (Wildman–Crippen LogP) is 2.16. The van der Waals surface area contributed by atoms with E-state index in [1.165, 1.54) is 10.9 Å². The molecule has 4 aromatic rings. The maximum Gasteiger partial charge on any atom is 0.267 e. The molecule has 1 fully saturated rings. The summed E-state index contributed by atoms with van der Waals surface area (Å²) >= 11 is 1.15. The minimum absolute atomic E-state index is 0.101. The lowest BCUT2D eigenvalue weighted by atomic mass is 10.2. The van der Waals surface area contributed by atoms with Crippen molar-refractivity contribution in [3.8, 4) is 0 Å². The van der Waals surface area contributed by atoms with Gasteiger partial charge in [-0.05, 0) is 36.8 Å². The Bertz CT molecular complexity index is 1430. The second kappa shape index (κ2) is 9.63. The number of nitrogens with one attached hydrogen (secondary N) is 1. The van der Waals surface area contributed by atoms with Crippen LogP contribution in [0.2, 0.25) is 0 Å². The lowest BCUT2D eigenvalue weighted by molar-refractivity contribution is -0.132. The molecule has 10 nitrogen and oxygen atoms in total. The Labute approximate surface area is 204 Å². The van der Waals surface area contributed by atoms with Crippen molar-refractivity contribution in [2.75, 3.05) is 36.4 Å². The Morgan fingerprint density at radius 3 is 2.43 bits per heavy atom. The van der Waals surface area contributed by atoms with E-state index in [0.29, 0.717) is 52.7 Å². The highest BCUT2D eigenvalue weighted by atomic mass is 32.1. The number of hydrogen-bond acceptors (Lipinski definition) is 8. The number of carbonyl (C=O) groups excluding carboxylic acids is 2. The van der Waals surface area contributed by atoms with E-state index in [1.54, 1.807) is 42.4 Å². The molecule has 2 amide bonds. The third-order valence-electron chi connectivity index (χ3n) is 5.94. The zero-order valence-electron chi connectivity index (χ0n) is 19.0. The molecule has 4 aromatic heterocycles. The number of thiophene rings is 1. The molecule has 0 bridgehead atoms. The van der Waals surface area contributed by atoms with Gasteiger partial charge in [0.1, 0.15) is 23.0 Å². The molecule has 1 saturated heterocycles. The van der Waals surface area contributed by atoms with Crippen LogP contribution < -0.4 is 15.8 Å². The summed E-state index contributed by atoms with van der Waals surface area (Å²) in [4.78, 5) is 56.5. The van der Waals surface area contributed by atoms with Gasteiger partial charge in [0.05, 0.1) is 16.6 Å². The fourth-order valence-corrected chi connectivity index (χ4v) is 5.10. The van der Waals surface area contributed by atoms with E-state index in [2.05, 4.69) is 25.2 Å². The maximum atomic E-state index is 13.2. The Morgan fingerprint density at radius 2 is 1.74 bits per heavy atom. The van der Waals surface area contributed by atoms with Crippen molar-refractivity contribution in [1.82, 2.24) is 24.4 Å². The van der Waals surface area contributed by atoms with E-state index in [9.17, 15) is 14.4 Å². The minimum atomic E-state index is -0.350. The first-order valence-corrected chi connectivity index (χ1v) is 12.0. The number of nitrogens with zero attached hydrogens (tertiary/aromatic N) is 6. The predicted molar refractivity (Wildman–Crippen MR) is 134 cm³/mol. The van der Waals surface area contributed by atoms with Crippen LogP contribution in [0.15, 0.2) is 59.9 Å². The van der Waals surface area contributed by atoms with Gasteiger partial charge in [0.15, 0.2) is 0 Å². The van der Waals surface area contributed by atoms with E-state index >= 15 is 0 Å². The fourth-order valence-electron chi connectivity index (χ4n) is 4.07. The zero-order chi connectivity index (χ0) is 24.4. The summed E-state index contributed by atoms with van der Waals surface area (Å²) in [6.45, 7) is 4.07. The number of fused-ring (bicyclic) bond motifs is 1. The second-order valence-electron chi connectivity index (χ2n) is 8.14. The molecule has 0 aliphatic carbocycles. The summed E-state index contributed by atoms with van der Waals surface area (Å²) in [6, 6.07) is 11.0. The first kappa shape index (κ1) is 22.7. The summed E-state index contributed by atoms with van der Waals surface area (Å²) < 4.78 is 1.32. The summed E-state index contributed by atoms with van der Waals surface area (Å²) in [5.41, 5.74) is 0.211. The smallest absolute Gasteiger partial charge is 0.267 e. The molecule has 1 aliphatic heterocycles. The summed E-state index contributed by atoms with van der Waals surface area (Å²) in [7, 11) is 0. The quantitative estimate of drug-likeness (QED) is 0.457. The van der Waals surface area contributed by atoms with Crippen LogP contribution in [-0.4, -0.2) is 62.4 Å². The van der Waals surface area contributed by atoms with Crippen molar-refractivity contribution >= 4 is 45.0 Å². The van der Waals surface area contributed by atoms with Gasteiger partial charge in [-0.3, -0.25) is 19.0 Å². The van der Waals surface area contributed by atoms with Crippen molar-refractivity contribution < 1.29 is 9.59 Å². The van der Waals surface area contributed by atoms with E-state index in [1.807, 2.05) is 18.2 Å². The third-order valence-corrected chi connectivity index (χ3v) is 7.14. The van der Waals surface area contributed by atoms with Gasteiger partial charge in [0.25, 0.3) is 11.5 Å². The highest BCUT2D eigenvalue weighted by Crippen LogP contribution is 2.27. The van der Waals surface area contributed by atoms with Crippen molar-refractivity contribution in [2.45, 2.75) is 13.5 Å². The van der Waals surface area contributed by atoms with Crippen LogP contribution in [0.25, 0.3) is 10.2 Å². The average Bonchev–Trinajstić information content (AvgIpc) is 3.24. The SMILES string of the molecule is Cc1c(C(=O)Nc2ccccn2)sc2ncn(CC(=O)N3CCN(c4ccccn4)CC3)c(=O)c12. The number of carbonyl (C=O) groups is 2. The lowest BCUT2D eigenvalue weighted by Crippen LogP contribution is -2.50. The van der Waals surface area contributed by atoms with E-state index in [4.69, 9.17) is 0 Å². The largest absolute Gasteiger partial charge is 0.353 e. The fraction of sp³-hybridized carbons (Fsp3) is 0.250. The number of rotatable bonds is 5. The van der Waals surface area contributed by atoms with Crippen LogP contribution in [0.4, 0.5) is 11.6 Å². The first-order valence-electron chi connectivity index (χ1n) is 11.2. The van der Waals surface area contributed by atoms with Crippen molar-refractivity contribution in [3.05, 3.63) is 75.9 Å². The standard InChI is InChI=1S/C24H23N7O3S/c1-16-20-23(35-21(16)22(33)28-17-6-2-4-8-25-17)27-15-31(24(20)34)14-19(32)30-12-10-29(11-13-30)18-7-3-5-9-26-18/h2-9,15H,10-14H2,1H3,(H,25,28,33). The molecule has 35 heavy (non-hydrogen) atoms. The third kappa shape index (κ3) is 4.62. The van der Waals surface area contributed by atoms with Crippen molar-refractivity contribution in [3.63, 3.8) is 0 Å². The second-order valence-corrected chi connectivity index (χ2v) is 9.14. The number of piperazine rings is 1. The Hall–Kier alpha value is -4.12. The van der Waals surface area contributed by atoms with Crippen LogP contribution in [-0.2, 0) is 11.3 Å². The highest BCUT2D eigenvalue weighted by molar-refractivity contribution is 7.20. The molecule has 5 rings (SSSR count). The van der Waals surface area contributed by atoms with E-state index < -0.39 is 0 Å². The lowest BCUT2D eigenvalue weighted by Gasteiger charge is -2.35. The van der Waals surface area contributed by atoms with E-state index in [-0.39, 0.29) is 23.9 Å². The van der Waals surface area contributed by atoms with Crippen LogP contribution >= 0.6 is 11.3 Å². The van der Waals surface area contributed by atoms with Gasteiger partial charge in [-0.15, -0.1) is 11.3 Å². The first-order chi connectivity index (χ1) is 17.0. The van der Waals surface area contributed by atoms with Gasteiger partial charge in [0.2, 0.25) is 5.91 Å². The van der Waals surface area contributed by atoms with Crippen molar-refractivity contribution in [1.29, 1.82) is 0 Å². The van der Waals surface area contributed by atoms with Gasteiger partial charge in [-0.1, -0.05) is 12.1 Å². The number of hydrogen-bond donors (Lipinski definition) is 1. The molecule has 0 saturated carbocycles. The molecule has 1 N–H and O–H groups in total. The molecule has 0 atom stereocenters. The zero-order valence-corrected chi connectivity index (χ0v) is 19.9. The molecule has 5 heterocycles. The number of pyridine rings is 2. The summed E-state index contributed by atoms with van der Waals surface area (Å²) in [6.07, 6.45) is 4.72. The number of amides is 2. The molecule has 178 valence electrons. The van der Waals surface area contributed by atoms with Crippen LogP contribution in [0.5, 0.6) is 0 Å². The average molecular weight is 490 g/mol. The Kier molecular flexibility index (Phi) is 6.23. The maximum absolute atomic E-state index is 13.2. The summed E-state index contributed by atoms with van der Waals surface area (Å²) in [5.74, 6) is 0.821. The van der Waals surface area contributed by atoms with Crippen LogP contribution in [0.1, 0.15) is 15.2 Å². The molecular formula is C24H23N7O3S. The topological polar surface area (TPSA) is 113 Å². The molecule has 0 unspecified atom stereocenters. The van der Waals surface area contributed by atoms with E-state index in [0.717, 1.165) is 17.2 Å². The van der Waals surface area contributed by atoms with Crippen molar-refractivity contribution in [2.24, 2.45) is 0 Å². The normalized spacial score (nSPS) is 13.7. The summed E-state index contributed by atoms with van der Waals surface area (Å²) in [5, 5.41) is 3.10. The van der Waals surface area contributed by atoms with Gasteiger partial charge in [0, 0.05) is 38.6 Å². The molecular weight excluding hydrogens is 466 g/mol. The van der Waals surface area contributed by atoms with Gasteiger partial charge in [-0.25, -0.2) is 15.0 Å². The molecule has 0 aromatic carbocycles. The van der Waals surface area contributed by atoms with Gasteiger partial charge >= 0.3 is 0 Å². The minimum Gasteiger partial charge on any atom is -0.353 e. The Balaban J connectivity index is 1.30. The number of aromatic nitrogens is 4. The Morgan fingerprint density at radius 1 is 1.00 bits per heavy atom. The number of anilines is 2. The van der Waals surface area contributed by atoms with Gasteiger partial charge < -0.3 is 15.1 Å². The molecule has 11 heteroatoms. The molecule has 0 spiro atoms. The van der Waals surface area contributed by atoms with Crippen LogP contribution in [0, 0.1) is 6.92 Å². The monoisotopic (exact) mass is 489 g/mol. The van der Waals surface area contributed by atoms with Gasteiger partial charge in [-0.2, -0.15) is 0 Å². The molecule has 0 radical (unpaired) electrons.